The third-order valence-corrected chi connectivity index (χ3v) is 4.14. The Balaban J connectivity index is 2.41. The number of hydrogen-bond donors (Lipinski definition) is 3. The minimum absolute atomic E-state index is 0.128. The van der Waals surface area contributed by atoms with Gasteiger partial charge < -0.3 is 10.4 Å². The molecule has 0 heterocycles. The molecule has 0 aliphatic heterocycles. The van der Waals surface area contributed by atoms with Crippen molar-refractivity contribution in [1.29, 1.82) is 0 Å². The highest BCUT2D eigenvalue weighted by molar-refractivity contribution is 7.87. The monoisotopic (exact) mass is 237 g/mol. The van der Waals surface area contributed by atoms with Crippen molar-refractivity contribution < 1.29 is 18.1 Å². The second-order valence-corrected chi connectivity index (χ2v) is 6.20. The molecule has 3 N–H and O–H groups in total. The summed E-state index contributed by atoms with van der Waals surface area (Å²) in [4.78, 5) is -2.09. The summed E-state index contributed by atoms with van der Waals surface area (Å²) in [6.07, 6.45) is 5.48. The van der Waals surface area contributed by atoms with Gasteiger partial charge in [-0.15, -0.1) is 0 Å². The number of hydrogen-bond acceptors (Lipinski definition) is 4. The van der Waals surface area contributed by atoms with E-state index in [1.165, 1.54) is 6.42 Å². The Hall–Kier alpha value is -0.170. The fourth-order valence-electron chi connectivity index (χ4n) is 1.73. The first-order valence-electron chi connectivity index (χ1n) is 5.26. The van der Waals surface area contributed by atoms with Crippen molar-refractivity contribution >= 4 is 10.1 Å². The van der Waals surface area contributed by atoms with Crippen molar-refractivity contribution in [3.05, 3.63) is 0 Å². The number of nitrogens with one attached hydrogen (secondary N) is 1. The van der Waals surface area contributed by atoms with Gasteiger partial charge in [-0.3, -0.25) is 4.55 Å². The summed E-state index contributed by atoms with van der Waals surface area (Å²) < 4.78 is 30.3. The maximum Gasteiger partial charge on any atom is 0.295 e. The summed E-state index contributed by atoms with van der Waals surface area (Å²) in [6, 6.07) is 0.256. The van der Waals surface area contributed by atoms with Crippen molar-refractivity contribution in [2.75, 3.05) is 6.54 Å². The van der Waals surface area contributed by atoms with Gasteiger partial charge in [-0.2, -0.15) is 8.42 Å². The fourth-order valence-corrected chi connectivity index (χ4v) is 2.00. The largest absolute Gasteiger partial charge is 0.372 e. The molecule has 0 saturated heterocycles. The van der Waals surface area contributed by atoms with E-state index in [0.29, 0.717) is 0 Å². The van der Waals surface area contributed by atoms with Gasteiger partial charge in [0.05, 0.1) is 0 Å². The summed E-state index contributed by atoms with van der Waals surface area (Å²) in [5.74, 6) is 0. The van der Waals surface area contributed by atoms with Crippen molar-refractivity contribution in [2.45, 2.75) is 50.0 Å². The molecule has 90 valence electrons. The second kappa shape index (κ2) is 4.78. The normalized spacial score (nSPS) is 23.7. The lowest BCUT2D eigenvalue weighted by Gasteiger charge is -2.27. The summed E-state index contributed by atoms with van der Waals surface area (Å²) in [7, 11) is -4.41. The van der Waals surface area contributed by atoms with Crippen LogP contribution in [0, 0.1) is 0 Å². The molecule has 1 aliphatic carbocycles. The lowest BCUT2D eigenvalue weighted by Crippen LogP contribution is -2.47. The van der Waals surface area contributed by atoms with Gasteiger partial charge in [-0.05, 0) is 19.8 Å². The standard InChI is InChI=1S/C9H19NO4S/c1-9(11,15(12,13)14)7-10-8-5-3-2-4-6-8/h8,10-11H,2-7H2,1H3,(H,12,13,14). The molecule has 0 aromatic rings. The first-order chi connectivity index (χ1) is 6.83. The van der Waals surface area contributed by atoms with Crippen molar-refractivity contribution in [3.8, 4) is 0 Å². The van der Waals surface area contributed by atoms with Crippen molar-refractivity contribution in [2.24, 2.45) is 0 Å². The van der Waals surface area contributed by atoms with Gasteiger partial charge in [0.1, 0.15) is 0 Å². The van der Waals surface area contributed by atoms with Gasteiger partial charge in [0.25, 0.3) is 10.1 Å². The third kappa shape index (κ3) is 3.71. The van der Waals surface area contributed by atoms with Gasteiger partial charge in [0.15, 0.2) is 0 Å². The van der Waals surface area contributed by atoms with Crippen LogP contribution in [-0.2, 0) is 10.1 Å². The molecule has 6 heteroatoms. The minimum atomic E-state index is -4.41. The van der Waals surface area contributed by atoms with E-state index in [1.807, 2.05) is 0 Å². The van der Waals surface area contributed by atoms with Gasteiger partial charge in [-0.1, -0.05) is 19.3 Å². The van der Waals surface area contributed by atoms with Gasteiger partial charge in [0, 0.05) is 12.6 Å². The van der Waals surface area contributed by atoms with Gasteiger partial charge in [-0.25, -0.2) is 0 Å². The molecule has 1 fully saturated rings. The molecule has 5 nitrogen and oxygen atoms in total. The van der Waals surface area contributed by atoms with Crippen molar-refractivity contribution in [3.63, 3.8) is 0 Å². The minimum Gasteiger partial charge on any atom is -0.372 e. The van der Waals surface area contributed by atoms with Crippen LogP contribution in [0.5, 0.6) is 0 Å². The molecule has 0 radical (unpaired) electrons. The predicted molar refractivity (Wildman–Crippen MR) is 57.0 cm³/mol. The molecular formula is C9H19NO4S. The van der Waals surface area contributed by atoms with Gasteiger partial charge in [0.2, 0.25) is 4.93 Å². The van der Waals surface area contributed by atoms with Crippen LogP contribution in [0.3, 0.4) is 0 Å². The van der Waals surface area contributed by atoms with E-state index in [2.05, 4.69) is 5.32 Å². The van der Waals surface area contributed by atoms with Crippen LogP contribution < -0.4 is 5.32 Å². The molecule has 0 amide bonds. The smallest absolute Gasteiger partial charge is 0.295 e. The quantitative estimate of drug-likeness (QED) is 0.620. The molecule has 1 saturated carbocycles. The summed E-state index contributed by atoms with van der Waals surface area (Å²) in [5.41, 5.74) is 0. The van der Waals surface area contributed by atoms with E-state index in [-0.39, 0.29) is 12.6 Å². The SMILES string of the molecule is CC(O)(CNC1CCCCC1)S(=O)(=O)O. The van der Waals surface area contributed by atoms with Crippen molar-refractivity contribution in [1.82, 2.24) is 5.32 Å². The highest BCUT2D eigenvalue weighted by atomic mass is 32.2. The maximum absolute atomic E-state index is 10.8. The topological polar surface area (TPSA) is 86.6 Å². The van der Waals surface area contributed by atoms with Crippen LogP contribution in [0.1, 0.15) is 39.0 Å². The Morgan fingerprint density at radius 1 is 1.33 bits per heavy atom. The third-order valence-electron chi connectivity index (χ3n) is 2.88. The first-order valence-corrected chi connectivity index (χ1v) is 6.70. The highest BCUT2D eigenvalue weighted by Crippen LogP contribution is 2.18. The van der Waals surface area contributed by atoms with Crippen LogP contribution >= 0.6 is 0 Å². The Kier molecular flexibility index (Phi) is 4.11. The predicted octanol–water partition coefficient (Wildman–Crippen LogP) is 0.505. The lowest BCUT2D eigenvalue weighted by atomic mass is 9.95. The first kappa shape index (κ1) is 12.9. The molecule has 0 aromatic carbocycles. The fraction of sp³-hybridized carbons (Fsp3) is 1.00. The zero-order valence-corrected chi connectivity index (χ0v) is 9.76. The van der Waals surface area contributed by atoms with Crippen LogP contribution in [-0.4, -0.2) is 35.6 Å². The van der Waals surface area contributed by atoms with E-state index < -0.39 is 15.1 Å². The molecule has 0 bridgehead atoms. The molecule has 1 atom stereocenters. The molecule has 0 spiro atoms. The van der Waals surface area contributed by atoms with Crippen LogP contribution in [0.25, 0.3) is 0 Å². The zero-order valence-electron chi connectivity index (χ0n) is 8.94. The Bertz CT molecular complexity index is 293. The molecule has 0 aromatic heterocycles. The molecular weight excluding hydrogens is 218 g/mol. The Labute approximate surface area is 90.6 Å². The summed E-state index contributed by atoms with van der Waals surface area (Å²) >= 11 is 0. The molecule has 1 aliphatic rings. The Morgan fingerprint density at radius 2 is 1.87 bits per heavy atom. The van der Waals surface area contributed by atoms with Crippen LogP contribution in [0.2, 0.25) is 0 Å². The van der Waals surface area contributed by atoms with Gasteiger partial charge >= 0.3 is 0 Å². The number of aliphatic hydroxyl groups is 1. The average Bonchev–Trinajstić information content (AvgIpc) is 2.15. The average molecular weight is 237 g/mol. The van der Waals surface area contributed by atoms with E-state index >= 15 is 0 Å². The Morgan fingerprint density at radius 3 is 2.33 bits per heavy atom. The maximum atomic E-state index is 10.8. The molecule has 15 heavy (non-hydrogen) atoms. The van der Waals surface area contributed by atoms with Crippen LogP contribution in [0.4, 0.5) is 0 Å². The van der Waals surface area contributed by atoms with E-state index in [9.17, 15) is 13.5 Å². The summed E-state index contributed by atoms with van der Waals surface area (Å²) in [5, 5.41) is 12.5. The zero-order chi connectivity index (χ0) is 11.5. The highest BCUT2D eigenvalue weighted by Gasteiger charge is 2.35. The molecule has 1 rings (SSSR count). The van der Waals surface area contributed by atoms with E-state index in [1.54, 1.807) is 0 Å². The lowest BCUT2D eigenvalue weighted by molar-refractivity contribution is 0.124. The van der Waals surface area contributed by atoms with E-state index in [4.69, 9.17) is 4.55 Å². The summed E-state index contributed by atoms with van der Waals surface area (Å²) in [6.45, 7) is 0.967. The van der Waals surface area contributed by atoms with E-state index in [0.717, 1.165) is 32.6 Å². The second-order valence-electron chi connectivity index (χ2n) is 4.37. The number of rotatable bonds is 4. The van der Waals surface area contributed by atoms with Crippen LogP contribution in [0.15, 0.2) is 0 Å². The molecule has 1 unspecified atom stereocenters.